The van der Waals surface area contributed by atoms with Crippen LogP contribution < -0.4 is 4.72 Å². The number of rotatable bonds is 4. The Morgan fingerprint density at radius 1 is 0.903 bits per heavy atom. The first-order valence-electron chi connectivity index (χ1n) is 12.2. The number of piperazine rings is 1. The van der Waals surface area contributed by atoms with Crippen LogP contribution >= 0.6 is 0 Å². The molecule has 0 spiro atoms. The largest absolute Gasteiger partial charge is 0.335 e. The van der Waals surface area contributed by atoms with Gasteiger partial charge in [0, 0.05) is 25.4 Å². The summed E-state index contributed by atoms with van der Waals surface area (Å²) in [5.74, 6) is 1.64. The average molecular weight is 454 g/mol. The number of hydrogen-bond acceptors (Lipinski definition) is 4. The fraction of sp³-hybridized carbons (Fsp3) is 0.913. The van der Waals surface area contributed by atoms with E-state index >= 15 is 0 Å². The summed E-state index contributed by atoms with van der Waals surface area (Å²) in [5, 5.41) is -0.273. The van der Waals surface area contributed by atoms with Gasteiger partial charge in [0.2, 0.25) is 21.8 Å². The SMILES string of the molecule is CNS(=O)(=O)C1CCC(C2CCC3C(C2)N(C(=O)C2CCC2)C[C@H](C)N3C(C)=O)CC1. The molecule has 3 saturated carbocycles. The van der Waals surface area contributed by atoms with E-state index in [0.717, 1.165) is 64.2 Å². The third-order valence-corrected chi connectivity index (χ3v) is 10.6. The minimum Gasteiger partial charge on any atom is -0.335 e. The first-order valence-corrected chi connectivity index (χ1v) is 13.8. The summed E-state index contributed by atoms with van der Waals surface area (Å²) in [6.45, 7) is 4.39. The number of fused-ring (bicyclic) bond motifs is 1. The minimum atomic E-state index is -3.19. The smallest absolute Gasteiger partial charge is 0.226 e. The van der Waals surface area contributed by atoms with Gasteiger partial charge >= 0.3 is 0 Å². The van der Waals surface area contributed by atoms with Crippen molar-refractivity contribution in [3.63, 3.8) is 0 Å². The molecule has 0 radical (unpaired) electrons. The maximum atomic E-state index is 13.3. The summed E-state index contributed by atoms with van der Waals surface area (Å²) < 4.78 is 26.9. The Labute approximate surface area is 187 Å². The van der Waals surface area contributed by atoms with Gasteiger partial charge in [-0.2, -0.15) is 0 Å². The molecule has 1 aliphatic heterocycles. The van der Waals surface area contributed by atoms with Gasteiger partial charge in [-0.15, -0.1) is 0 Å². The van der Waals surface area contributed by atoms with E-state index < -0.39 is 10.0 Å². The molecule has 4 atom stereocenters. The lowest BCUT2D eigenvalue weighted by molar-refractivity contribution is -0.159. The number of carbonyl (C=O) groups is 2. The van der Waals surface area contributed by atoms with Crippen LogP contribution in [0.25, 0.3) is 0 Å². The molecular formula is C23H39N3O4S. The lowest BCUT2D eigenvalue weighted by Gasteiger charge is -2.55. The fourth-order valence-corrected chi connectivity index (χ4v) is 8.03. The molecule has 0 bridgehead atoms. The van der Waals surface area contributed by atoms with Gasteiger partial charge in [0.05, 0.1) is 17.3 Å². The van der Waals surface area contributed by atoms with Gasteiger partial charge in [0.25, 0.3) is 0 Å². The highest BCUT2D eigenvalue weighted by atomic mass is 32.2. The Bertz CT molecular complexity index is 789. The zero-order valence-electron chi connectivity index (χ0n) is 19.3. The van der Waals surface area contributed by atoms with E-state index in [1.807, 2.05) is 4.90 Å². The monoisotopic (exact) mass is 453 g/mol. The van der Waals surface area contributed by atoms with Crippen LogP contribution in [0.4, 0.5) is 0 Å². The van der Waals surface area contributed by atoms with Crippen molar-refractivity contribution in [2.75, 3.05) is 13.6 Å². The van der Waals surface area contributed by atoms with Crippen LogP contribution in [0, 0.1) is 17.8 Å². The summed E-state index contributed by atoms with van der Waals surface area (Å²) in [4.78, 5) is 29.9. The van der Waals surface area contributed by atoms with Gasteiger partial charge < -0.3 is 9.80 Å². The maximum absolute atomic E-state index is 13.3. The number of nitrogens with one attached hydrogen (secondary N) is 1. The highest BCUT2D eigenvalue weighted by molar-refractivity contribution is 7.90. The predicted octanol–water partition coefficient (Wildman–Crippen LogP) is 2.51. The minimum absolute atomic E-state index is 0.0708. The van der Waals surface area contributed by atoms with E-state index in [4.69, 9.17) is 0 Å². The normalized spacial score (nSPS) is 37.1. The van der Waals surface area contributed by atoms with Crippen molar-refractivity contribution in [1.29, 1.82) is 0 Å². The molecule has 4 rings (SSSR count). The molecule has 1 heterocycles. The standard InChI is InChI=1S/C23H39N3O4S/c1-15-14-25(23(28)18-5-4-6-18)22-13-19(9-12-21(22)26(15)16(2)27)17-7-10-20(11-8-17)31(29,30)24-3/h15,17-22,24H,4-14H2,1-3H3/t15-,17?,19?,20?,21?,22?/m0/s1. The molecule has 8 heteroatoms. The second-order valence-corrected chi connectivity index (χ2v) is 12.6. The molecule has 7 nitrogen and oxygen atoms in total. The van der Waals surface area contributed by atoms with Crippen molar-refractivity contribution in [3.8, 4) is 0 Å². The molecule has 3 aliphatic carbocycles. The summed E-state index contributed by atoms with van der Waals surface area (Å²) in [5.41, 5.74) is 0. The van der Waals surface area contributed by atoms with Crippen molar-refractivity contribution in [3.05, 3.63) is 0 Å². The highest BCUT2D eigenvalue weighted by Crippen LogP contribution is 2.44. The Morgan fingerprint density at radius 2 is 1.55 bits per heavy atom. The van der Waals surface area contributed by atoms with Gasteiger partial charge in [-0.25, -0.2) is 13.1 Å². The molecule has 4 aliphatic rings. The zero-order valence-corrected chi connectivity index (χ0v) is 20.1. The van der Waals surface area contributed by atoms with Crippen LogP contribution in [0.1, 0.15) is 78.1 Å². The van der Waals surface area contributed by atoms with Crippen molar-refractivity contribution in [2.24, 2.45) is 17.8 Å². The summed E-state index contributed by atoms with van der Waals surface area (Å²) in [6, 6.07) is 0.315. The van der Waals surface area contributed by atoms with Crippen LogP contribution in [0.3, 0.4) is 0 Å². The predicted molar refractivity (Wildman–Crippen MR) is 120 cm³/mol. The van der Waals surface area contributed by atoms with Crippen LogP contribution in [0.15, 0.2) is 0 Å². The topological polar surface area (TPSA) is 86.8 Å². The second-order valence-electron chi connectivity index (χ2n) is 10.4. The Kier molecular flexibility index (Phi) is 6.69. The first kappa shape index (κ1) is 23.0. The number of nitrogens with zero attached hydrogens (tertiary/aromatic N) is 2. The molecule has 2 amide bonds. The van der Waals surface area contributed by atoms with Gasteiger partial charge in [-0.3, -0.25) is 9.59 Å². The van der Waals surface area contributed by atoms with E-state index in [9.17, 15) is 18.0 Å². The molecule has 31 heavy (non-hydrogen) atoms. The van der Waals surface area contributed by atoms with E-state index in [1.54, 1.807) is 6.92 Å². The molecule has 1 saturated heterocycles. The van der Waals surface area contributed by atoms with Crippen LogP contribution in [-0.4, -0.2) is 67.0 Å². The Morgan fingerprint density at radius 3 is 2.10 bits per heavy atom. The Hall–Kier alpha value is -1.15. The molecule has 0 aromatic heterocycles. The second kappa shape index (κ2) is 9.00. The molecular weight excluding hydrogens is 414 g/mol. The average Bonchev–Trinajstić information content (AvgIpc) is 2.71. The van der Waals surface area contributed by atoms with Gasteiger partial charge in [0.1, 0.15) is 0 Å². The lowest BCUT2D eigenvalue weighted by Crippen LogP contribution is -2.67. The third kappa shape index (κ3) is 4.39. The Balaban J connectivity index is 1.47. The van der Waals surface area contributed by atoms with Crippen molar-refractivity contribution in [1.82, 2.24) is 14.5 Å². The molecule has 0 aromatic rings. The van der Waals surface area contributed by atoms with Crippen molar-refractivity contribution < 1.29 is 18.0 Å². The van der Waals surface area contributed by atoms with Crippen molar-refractivity contribution >= 4 is 21.8 Å². The molecule has 3 unspecified atom stereocenters. The molecule has 4 fully saturated rings. The first-order chi connectivity index (χ1) is 14.7. The molecule has 1 N–H and O–H groups in total. The number of sulfonamides is 1. The molecule has 176 valence electrons. The number of carbonyl (C=O) groups excluding carboxylic acids is 2. The number of amides is 2. The highest BCUT2D eigenvalue weighted by Gasteiger charge is 2.49. The molecule has 0 aromatic carbocycles. The summed E-state index contributed by atoms with van der Waals surface area (Å²) in [7, 11) is -1.69. The van der Waals surface area contributed by atoms with Crippen molar-refractivity contribution in [2.45, 2.75) is 101 Å². The van der Waals surface area contributed by atoms with Gasteiger partial charge in [0.15, 0.2) is 0 Å². The van der Waals surface area contributed by atoms with Crippen LogP contribution in [-0.2, 0) is 19.6 Å². The zero-order chi connectivity index (χ0) is 22.3. The lowest BCUT2D eigenvalue weighted by atomic mass is 9.69. The summed E-state index contributed by atoms with van der Waals surface area (Å²) in [6.07, 6.45) is 9.45. The third-order valence-electron chi connectivity index (χ3n) is 8.73. The van der Waals surface area contributed by atoms with E-state index in [2.05, 4.69) is 16.5 Å². The van der Waals surface area contributed by atoms with Crippen LogP contribution in [0.5, 0.6) is 0 Å². The van der Waals surface area contributed by atoms with Gasteiger partial charge in [-0.05, 0) is 83.6 Å². The van der Waals surface area contributed by atoms with Crippen LogP contribution in [0.2, 0.25) is 0 Å². The maximum Gasteiger partial charge on any atom is 0.226 e. The van der Waals surface area contributed by atoms with E-state index in [0.29, 0.717) is 24.3 Å². The van der Waals surface area contributed by atoms with E-state index in [1.165, 1.54) is 7.05 Å². The van der Waals surface area contributed by atoms with Gasteiger partial charge in [-0.1, -0.05) is 6.42 Å². The number of hydrogen-bond donors (Lipinski definition) is 1. The summed E-state index contributed by atoms with van der Waals surface area (Å²) >= 11 is 0. The van der Waals surface area contributed by atoms with E-state index in [-0.39, 0.29) is 35.2 Å². The quantitative estimate of drug-likeness (QED) is 0.709. The fourth-order valence-electron chi connectivity index (χ4n) is 6.81.